The Morgan fingerprint density at radius 3 is 2.58 bits per heavy atom. The van der Waals surface area contributed by atoms with Crippen LogP contribution in [-0.2, 0) is 23.0 Å². The fourth-order valence-corrected chi connectivity index (χ4v) is 5.68. The second-order valence-corrected chi connectivity index (χ2v) is 9.64. The van der Waals surface area contributed by atoms with E-state index in [-0.39, 0.29) is 11.3 Å². The second kappa shape index (κ2) is 10.1. The third-order valence-electron chi connectivity index (χ3n) is 7.18. The molecule has 3 aromatic heterocycles. The normalized spacial score (nSPS) is 17.6. The van der Waals surface area contributed by atoms with Crippen LogP contribution in [0.25, 0.3) is 22.5 Å². The van der Waals surface area contributed by atoms with E-state index in [4.69, 9.17) is 14.5 Å². The van der Waals surface area contributed by atoms with Crippen molar-refractivity contribution in [2.75, 3.05) is 20.3 Å². The van der Waals surface area contributed by atoms with Gasteiger partial charge in [-0.1, -0.05) is 19.3 Å². The van der Waals surface area contributed by atoms with E-state index in [9.17, 15) is 13.2 Å². The monoisotopic (exact) mass is 502 g/mol. The number of rotatable bonds is 7. The minimum absolute atomic E-state index is 0.0860. The molecule has 0 amide bonds. The number of aryl methyl sites for hydroxylation is 1. The summed E-state index contributed by atoms with van der Waals surface area (Å²) < 4.78 is 49.2. The fourth-order valence-electron chi connectivity index (χ4n) is 5.68. The molecule has 0 aliphatic heterocycles. The van der Waals surface area contributed by atoms with Gasteiger partial charge in [0.15, 0.2) is 6.61 Å². The van der Waals surface area contributed by atoms with Gasteiger partial charge in [-0.15, -0.1) is 10.2 Å². The molecular weight excluding hydrogens is 473 g/mol. The van der Waals surface area contributed by atoms with Gasteiger partial charge in [0.05, 0.1) is 17.9 Å². The zero-order chi connectivity index (χ0) is 25.2. The molecule has 0 radical (unpaired) electrons. The van der Waals surface area contributed by atoms with Crippen molar-refractivity contribution in [2.24, 2.45) is 0 Å². The summed E-state index contributed by atoms with van der Waals surface area (Å²) in [6, 6.07) is 3.36. The van der Waals surface area contributed by atoms with Crippen molar-refractivity contribution in [2.45, 2.75) is 69.4 Å². The average Bonchev–Trinajstić information content (AvgIpc) is 3.51. The number of halogens is 3. The maximum atomic E-state index is 12.8. The molecule has 3 heterocycles. The minimum Gasteiger partial charge on any atom is -0.468 e. The lowest BCUT2D eigenvalue weighted by Crippen LogP contribution is -2.31. The first kappa shape index (κ1) is 24.6. The van der Waals surface area contributed by atoms with Crippen molar-refractivity contribution in [3.05, 3.63) is 35.3 Å². The van der Waals surface area contributed by atoms with Crippen LogP contribution < -0.4 is 4.74 Å². The molecule has 36 heavy (non-hydrogen) atoms. The molecule has 0 aromatic carbocycles. The lowest BCUT2D eigenvalue weighted by atomic mass is 9.77. The summed E-state index contributed by atoms with van der Waals surface area (Å²) in [5.74, 6) is 0.327. The molecule has 0 saturated heterocycles. The van der Waals surface area contributed by atoms with Gasteiger partial charge in [0.2, 0.25) is 11.7 Å². The van der Waals surface area contributed by atoms with E-state index >= 15 is 0 Å². The predicted octanol–water partition coefficient (Wildman–Crippen LogP) is 4.99. The number of hydrogen-bond donors (Lipinski definition) is 1. The van der Waals surface area contributed by atoms with Crippen LogP contribution in [0, 0.1) is 0 Å². The second-order valence-electron chi connectivity index (χ2n) is 9.64. The number of nitrogens with one attached hydrogen (secondary N) is 1. The molecule has 0 unspecified atom stereocenters. The molecule has 1 N–H and O–H groups in total. The third kappa shape index (κ3) is 4.93. The number of nitrogens with zero attached hydrogens (tertiary/aromatic N) is 5. The first-order valence-electron chi connectivity index (χ1n) is 12.4. The lowest BCUT2D eigenvalue weighted by molar-refractivity contribution is -0.154. The Labute approximate surface area is 207 Å². The molecule has 2 aliphatic rings. The minimum atomic E-state index is -4.45. The summed E-state index contributed by atoms with van der Waals surface area (Å²) in [6.45, 7) is -0.892. The van der Waals surface area contributed by atoms with E-state index in [1.54, 1.807) is 19.2 Å². The number of aromatic amines is 1. The van der Waals surface area contributed by atoms with Gasteiger partial charge in [0, 0.05) is 30.5 Å². The quantitative estimate of drug-likeness (QED) is 0.455. The summed E-state index contributed by atoms with van der Waals surface area (Å²) in [5.41, 5.74) is 5.03. The topological polar surface area (TPSA) is 98.7 Å². The zero-order valence-electron chi connectivity index (χ0n) is 20.2. The molecule has 8 nitrogen and oxygen atoms in total. The Kier molecular flexibility index (Phi) is 6.92. The average molecular weight is 503 g/mol. The van der Waals surface area contributed by atoms with E-state index in [0.29, 0.717) is 18.0 Å². The molecule has 192 valence electrons. The molecule has 0 atom stereocenters. The van der Waals surface area contributed by atoms with Gasteiger partial charge in [-0.3, -0.25) is 4.98 Å². The number of methoxy groups -OCH3 is 1. The standard InChI is InChI=1S/C25H29F3N6O2/c1-35-14-24(10-5-6-11-24)22-21(23-31-33-34-32-23)20(17-7-3-2-4-8-18(17)30-22)16-9-12-29-19(13-16)36-15-25(26,27)28/h9,12-13H,2-8,10-11,14-15H2,1H3,(H,31,32,33,34). The number of fused-ring (bicyclic) bond motifs is 1. The maximum absolute atomic E-state index is 12.8. The summed E-state index contributed by atoms with van der Waals surface area (Å²) in [6.07, 6.45) is 5.76. The molecule has 0 bridgehead atoms. The van der Waals surface area contributed by atoms with Crippen LogP contribution in [0.3, 0.4) is 0 Å². The maximum Gasteiger partial charge on any atom is 0.422 e. The van der Waals surface area contributed by atoms with Crippen molar-refractivity contribution >= 4 is 0 Å². The predicted molar refractivity (Wildman–Crippen MR) is 125 cm³/mol. The van der Waals surface area contributed by atoms with Crippen molar-refractivity contribution in [3.8, 4) is 28.4 Å². The van der Waals surface area contributed by atoms with Crippen LogP contribution in [-0.4, -0.2) is 57.1 Å². The summed E-state index contributed by atoms with van der Waals surface area (Å²) >= 11 is 0. The summed E-state index contributed by atoms with van der Waals surface area (Å²) in [4.78, 5) is 9.31. The number of hydrogen-bond acceptors (Lipinski definition) is 7. The SMILES string of the molecule is COCC1(c2nc3c(c(-c4ccnc(OCC(F)(F)F)c4)c2-c2nn[nH]n2)CCCCC3)CCCC1. The zero-order valence-corrected chi connectivity index (χ0v) is 20.2. The molecule has 11 heteroatoms. The van der Waals surface area contributed by atoms with E-state index in [1.165, 1.54) is 6.20 Å². The number of aromatic nitrogens is 6. The van der Waals surface area contributed by atoms with Crippen LogP contribution in [0.15, 0.2) is 18.3 Å². The van der Waals surface area contributed by atoms with Crippen molar-refractivity contribution in [3.63, 3.8) is 0 Å². The van der Waals surface area contributed by atoms with Gasteiger partial charge in [-0.05, 0) is 66.5 Å². The Bertz CT molecular complexity index is 1190. The number of ether oxygens (including phenoxy) is 2. The van der Waals surface area contributed by atoms with Gasteiger partial charge >= 0.3 is 6.18 Å². The Hall–Kier alpha value is -3.08. The summed E-state index contributed by atoms with van der Waals surface area (Å²) in [5, 5.41) is 15.0. The van der Waals surface area contributed by atoms with Crippen molar-refractivity contribution in [1.82, 2.24) is 30.6 Å². The van der Waals surface area contributed by atoms with Crippen molar-refractivity contribution < 1.29 is 22.6 Å². The molecule has 1 fully saturated rings. The number of pyridine rings is 2. The van der Waals surface area contributed by atoms with Crippen LogP contribution in [0.2, 0.25) is 0 Å². The van der Waals surface area contributed by atoms with Gasteiger partial charge < -0.3 is 9.47 Å². The fraction of sp³-hybridized carbons (Fsp3) is 0.560. The number of H-pyrrole nitrogens is 1. The van der Waals surface area contributed by atoms with Gasteiger partial charge in [-0.25, -0.2) is 4.98 Å². The van der Waals surface area contributed by atoms with Gasteiger partial charge in [0.1, 0.15) is 0 Å². The molecule has 1 saturated carbocycles. The Morgan fingerprint density at radius 1 is 1.06 bits per heavy atom. The van der Waals surface area contributed by atoms with Gasteiger partial charge in [0.25, 0.3) is 0 Å². The third-order valence-corrected chi connectivity index (χ3v) is 7.18. The highest BCUT2D eigenvalue weighted by molar-refractivity contribution is 5.86. The smallest absolute Gasteiger partial charge is 0.422 e. The molecule has 5 rings (SSSR count). The molecule has 3 aromatic rings. The van der Waals surface area contributed by atoms with Crippen LogP contribution >= 0.6 is 0 Å². The molecule has 2 aliphatic carbocycles. The van der Waals surface area contributed by atoms with Crippen molar-refractivity contribution in [1.29, 1.82) is 0 Å². The molecule has 0 spiro atoms. The van der Waals surface area contributed by atoms with Crippen LogP contribution in [0.5, 0.6) is 5.88 Å². The Morgan fingerprint density at radius 2 is 1.86 bits per heavy atom. The first-order valence-corrected chi connectivity index (χ1v) is 12.4. The van der Waals surface area contributed by atoms with Crippen LogP contribution in [0.4, 0.5) is 13.2 Å². The molecular formula is C25H29F3N6O2. The number of tetrazole rings is 1. The highest BCUT2D eigenvalue weighted by atomic mass is 19.4. The number of alkyl halides is 3. The lowest BCUT2D eigenvalue weighted by Gasteiger charge is -2.32. The first-order chi connectivity index (χ1) is 17.4. The Balaban J connectivity index is 1.76. The highest BCUT2D eigenvalue weighted by Crippen LogP contribution is 2.48. The van der Waals surface area contributed by atoms with Gasteiger partial charge in [-0.2, -0.15) is 18.4 Å². The highest BCUT2D eigenvalue weighted by Gasteiger charge is 2.42. The van der Waals surface area contributed by atoms with E-state index in [1.807, 2.05) is 0 Å². The van der Waals surface area contributed by atoms with Crippen LogP contribution in [0.1, 0.15) is 61.9 Å². The largest absolute Gasteiger partial charge is 0.468 e. The summed E-state index contributed by atoms with van der Waals surface area (Å²) in [7, 11) is 1.70. The van der Waals surface area contributed by atoms with E-state index in [0.717, 1.165) is 85.9 Å². The van der Waals surface area contributed by atoms with E-state index < -0.39 is 12.8 Å². The van der Waals surface area contributed by atoms with E-state index in [2.05, 4.69) is 25.6 Å².